The number of nitrogens with zero attached hydrogens (tertiary/aromatic N) is 3. The van der Waals surface area contributed by atoms with Crippen molar-refractivity contribution in [2.24, 2.45) is 4.99 Å². The Morgan fingerprint density at radius 3 is 3.03 bits per heavy atom. The molecule has 0 saturated heterocycles. The van der Waals surface area contributed by atoms with Crippen molar-refractivity contribution in [1.82, 2.24) is 15.6 Å². The fourth-order valence-corrected chi connectivity index (χ4v) is 4.54. The van der Waals surface area contributed by atoms with E-state index in [9.17, 15) is 0 Å². The molecule has 0 amide bonds. The van der Waals surface area contributed by atoms with Crippen LogP contribution in [0.4, 0.5) is 0 Å². The predicted molar refractivity (Wildman–Crippen MR) is 128 cm³/mol. The SMILES string of the molecule is CCc1scnc1CCSCCNC(=NCC=Cc1ccc2c(c1)OCCO2)NC#N. The molecule has 2 aromatic rings. The van der Waals surface area contributed by atoms with Crippen LogP contribution in [0.25, 0.3) is 6.08 Å². The third-order valence-electron chi connectivity index (χ3n) is 4.47. The second kappa shape index (κ2) is 12.9. The average Bonchev–Trinajstić information content (AvgIpc) is 3.26. The average molecular weight is 458 g/mol. The number of ether oxygens (including phenoxy) is 2. The van der Waals surface area contributed by atoms with Gasteiger partial charge < -0.3 is 14.8 Å². The van der Waals surface area contributed by atoms with Crippen LogP contribution in [0.15, 0.2) is 34.8 Å². The number of aromatic nitrogens is 1. The normalized spacial score (nSPS) is 13.2. The smallest absolute Gasteiger partial charge is 0.205 e. The van der Waals surface area contributed by atoms with Gasteiger partial charge in [0.25, 0.3) is 0 Å². The van der Waals surface area contributed by atoms with E-state index in [-0.39, 0.29) is 0 Å². The largest absolute Gasteiger partial charge is 0.486 e. The highest BCUT2D eigenvalue weighted by Gasteiger charge is 2.10. The summed E-state index contributed by atoms with van der Waals surface area (Å²) in [6.45, 7) is 4.53. The lowest BCUT2D eigenvalue weighted by molar-refractivity contribution is 0.171. The Morgan fingerprint density at radius 2 is 2.19 bits per heavy atom. The highest BCUT2D eigenvalue weighted by Crippen LogP contribution is 2.31. The van der Waals surface area contributed by atoms with Gasteiger partial charge in [0.2, 0.25) is 5.96 Å². The Balaban J connectivity index is 1.37. The van der Waals surface area contributed by atoms with E-state index in [1.807, 2.05) is 53.8 Å². The van der Waals surface area contributed by atoms with E-state index in [0.29, 0.717) is 25.7 Å². The minimum absolute atomic E-state index is 0.461. The number of hydrogen-bond acceptors (Lipinski definition) is 7. The van der Waals surface area contributed by atoms with Crippen molar-refractivity contribution < 1.29 is 9.47 Å². The van der Waals surface area contributed by atoms with Gasteiger partial charge in [-0.25, -0.2) is 9.98 Å². The molecule has 164 valence electrons. The van der Waals surface area contributed by atoms with Gasteiger partial charge in [-0.3, -0.25) is 5.32 Å². The molecular weight excluding hydrogens is 430 g/mol. The quantitative estimate of drug-likeness (QED) is 0.186. The third kappa shape index (κ3) is 7.49. The summed E-state index contributed by atoms with van der Waals surface area (Å²) in [5, 5.41) is 14.7. The van der Waals surface area contributed by atoms with Gasteiger partial charge in [-0.15, -0.1) is 11.3 Å². The van der Waals surface area contributed by atoms with Crippen molar-refractivity contribution in [3.63, 3.8) is 0 Å². The zero-order valence-electron chi connectivity index (χ0n) is 17.6. The molecule has 3 rings (SSSR count). The van der Waals surface area contributed by atoms with Gasteiger partial charge in [-0.05, 0) is 36.3 Å². The highest BCUT2D eigenvalue weighted by molar-refractivity contribution is 7.99. The van der Waals surface area contributed by atoms with Crippen molar-refractivity contribution >= 4 is 35.1 Å². The van der Waals surface area contributed by atoms with Gasteiger partial charge in [0.1, 0.15) is 13.2 Å². The first kappa shape index (κ1) is 23.0. The number of hydrogen-bond donors (Lipinski definition) is 2. The van der Waals surface area contributed by atoms with Gasteiger partial charge in [-0.2, -0.15) is 17.0 Å². The van der Waals surface area contributed by atoms with Crippen LogP contribution >= 0.6 is 23.1 Å². The standard InChI is InChI=1S/C22H27N5O2S2/c1-2-21-18(27-16-31-21)7-12-30-13-9-25-22(26-15-23)24-8-3-4-17-5-6-19-20(14-17)29-11-10-28-19/h3-6,14,16H,2,7-13H2,1H3,(H2,24,25,26). The first-order valence-corrected chi connectivity index (χ1v) is 12.3. The van der Waals surface area contributed by atoms with E-state index >= 15 is 0 Å². The summed E-state index contributed by atoms with van der Waals surface area (Å²) in [5.74, 6) is 4.01. The van der Waals surface area contributed by atoms with Crippen LogP contribution in [0.3, 0.4) is 0 Å². The van der Waals surface area contributed by atoms with Crippen molar-refractivity contribution in [3.05, 3.63) is 45.9 Å². The van der Waals surface area contributed by atoms with Crippen LogP contribution in [0.5, 0.6) is 11.5 Å². The van der Waals surface area contributed by atoms with E-state index in [0.717, 1.165) is 48.0 Å². The van der Waals surface area contributed by atoms with Crippen LogP contribution in [0.2, 0.25) is 0 Å². The molecule has 0 unspecified atom stereocenters. The molecule has 2 heterocycles. The molecule has 0 fully saturated rings. The zero-order valence-corrected chi connectivity index (χ0v) is 19.2. The minimum Gasteiger partial charge on any atom is -0.486 e. The second-order valence-electron chi connectivity index (χ2n) is 6.60. The number of aliphatic imine (C=N–C) groups is 1. The lowest BCUT2D eigenvalue weighted by Gasteiger charge is -2.18. The summed E-state index contributed by atoms with van der Waals surface area (Å²) >= 11 is 3.60. The first-order chi connectivity index (χ1) is 15.3. The summed E-state index contributed by atoms with van der Waals surface area (Å²) in [6, 6.07) is 5.84. The molecule has 0 radical (unpaired) electrons. The van der Waals surface area contributed by atoms with Gasteiger partial charge in [0, 0.05) is 17.2 Å². The zero-order chi connectivity index (χ0) is 21.7. The molecule has 1 aromatic carbocycles. The lowest BCUT2D eigenvalue weighted by Crippen LogP contribution is -2.36. The molecule has 7 nitrogen and oxygen atoms in total. The van der Waals surface area contributed by atoms with Crippen LogP contribution in [0.1, 0.15) is 23.1 Å². The van der Waals surface area contributed by atoms with Crippen LogP contribution < -0.4 is 20.1 Å². The highest BCUT2D eigenvalue weighted by atomic mass is 32.2. The molecule has 1 aliphatic rings. The van der Waals surface area contributed by atoms with Gasteiger partial charge in [-0.1, -0.05) is 25.1 Å². The molecule has 1 aliphatic heterocycles. The summed E-state index contributed by atoms with van der Waals surface area (Å²) in [6.07, 6.45) is 7.90. The van der Waals surface area contributed by atoms with Crippen LogP contribution in [-0.2, 0) is 12.8 Å². The Morgan fingerprint density at radius 1 is 1.32 bits per heavy atom. The Hall–Kier alpha value is -2.70. The molecule has 1 aromatic heterocycles. The van der Waals surface area contributed by atoms with Crippen molar-refractivity contribution in [2.45, 2.75) is 19.8 Å². The van der Waals surface area contributed by atoms with E-state index in [2.05, 4.69) is 27.5 Å². The Kier molecular flexibility index (Phi) is 9.54. The van der Waals surface area contributed by atoms with Crippen molar-refractivity contribution in [2.75, 3.05) is 37.8 Å². The van der Waals surface area contributed by atoms with Crippen molar-refractivity contribution in [1.29, 1.82) is 5.26 Å². The number of rotatable bonds is 10. The number of benzene rings is 1. The number of guanidine groups is 1. The van der Waals surface area contributed by atoms with Crippen LogP contribution in [-0.4, -0.2) is 48.8 Å². The summed E-state index contributed by atoms with van der Waals surface area (Å²) < 4.78 is 11.1. The molecule has 0 saturated carbocycles. The number of nitrogens with one attached hydrogen (secondary N) is 2. The fraction of sp³-hybridized carbons (Fsp3) is 0.409. The molecular formula is C22H27N5O2S2. The maximum atomic E-state index is 8.94. The van der Waals surface area contributed by atoms with E-state index in [1.54, 1.807) is 11.3 Å². The summed E-state index contributed by atoms with van der Waals surface area (Å²) in [4.78, 5) is 10.2. The second-order valence-corrected chi connectivity index (χ2v) is 8.76. The van der Waals surface area contributed by atoms with Gasteiger partial charge in [0.05, 0.1) is 17.7 Å². The van der Waals surface area contributed by atoms with Gasteiger partial charge >= 0.3 is 0 Å². The minimum atomic E-state index is 0.461. The fourth-order valence-electron chi connectivity index (χ4n) is 2.99. The summed E-state index contributed by atoms with van der Waals surface area (Å²) in [5.41, 5.74) is 4.18. The number of thioether (sulfide) groups is 1. The van der Waals surface area contributed by atoms with Crippen molar-refractivity contribution in [3.8, 4) is 17.7 Å². The predicted octanol–water partition coefficient (Wildman–Crippen LogP) is 3.48. The summed E-state index contributed by atoms with van der Waals surface area (Å²) in [7, 11) is 0. The third-order valence-corrected chi connectivity index (χ3v) is 6.48. The number of fused-ring (bicyclic) bond motifs is 1. The number of nitriles is 1. The Bertz CT molecular complexity index is 936. The van der Waals surface area contributed by atoms with E-state index in [1.165, 1.54) is 10.6 Å². The molecule has 0 bridgehead atoms. The first-order valence-electron chi connectivity index (χ1n) is 10.3. The topological polar surface area (TPSA) is 91.6 Å². The lowest BCUT2D eigenvalue weighted by atomic mass is 10.2. The molecule has 31 heavy (non-hydrogen) atoms. The monoisotopic (exact) mass is 457 g/mol. The van der Waals surface area contributed by atoms with Crippen LogP contribution in [0, 0.1) is 11.5 Å². The Labute approximate surface area is 191 Å². The maximum Gasteiger partial charge on any atom is 0.205 e. The van der Waals surface area contributed by atoms with E-state index in [4.69, 9.17) is 14.7 Å². The van der Waals surface area contributed by atoms with Gasteiger partial charge in [0.15, 0.2) is 17.7 Å². The maximum absolute atomic E-state index is 8.94. The van der Waals surface area contributed by atoms with E-state index < -0.39 is 0 Å². The molecule has 2 N–H and O–H groups in total. The number of aryl methyl sites for hydroxylation is 2. The molecule has 0 atom stereocenters. The molecule has 9 heteroatoms. The molecule has 0 spiro atoms. The molecule has 0 aliphatic carbocycles. The number of thiazole rings is 1.